The molecule has 128 valence electrons. The standard InChI is InChI=1S/C17H35N5/c1-21(11-10-20-16-2-6-18-7-3-16)12-13-22-14-17(15-22)4-8-19-9-5-17/h16,18-20H,2-15H2,1H3. The first kappa shape index (κ1) is 16.7. The van der Waals surface area contributed by atoms with Crippen molar-refractivity contribution in [2.24, 2.45) is 5.41 Å². The van der Waals surface area contributed by atoms with E-state index in [1.54, 1.807) is 0 Å². The van der Waals surface area contributed by atoms with Crippen LogP contribution < -0.4 is 16.0 Å². The van der Waals surface area contributed by atoms with Gasteiger partial charge in [0.15, 0.2) is 0 Å². The summed E-state index contributed by atoms with van der Waals surface area (Å²) in [6.07, 6.45) is 5.35. The second-order valence-corrected chi connectivity index (χ2v) is 7.74. The zero-order valence-corrected chi connectivity index (χ0v) is 14.4. The van der Waals surface area contributed by atoms with Crippen molar-refractivity contribution in [3.05, 3.63) is 0 Å². The fourth-order valence-corrected chi connectivity index (χ4v) is 4.24. The van der Waals surface area contributed by atoms with Gasteiger partial charge in [0, 0.05) is 45.3 Å². The molecule has 0 aliphatic carbocycles. The number of hydrogen-bond acceptors (Lipinski definition) is 5. The Morgan fingerprint density at radius 3 is 2.45 bits per heavy atom. The van der Waals surface area contributed by atoms with Crippen molar-refractivity contribution in [2.45, 2.75) is 31.7 Å². The van der Waals surface area contributed by atoms with Crippen LogP contribution in [0.2, 0.25) is 0 Å². The molecule has 3 aliphatic rings. The number of hydrogen-bond donors (Lipinski definition) is 3. The predicted molar refractivity (Wildman–Crippen MR) is 92.4 cm³/mol. The zero-order valence-electron chi connectivity index (χ0n) is 14.4. The van der Waals surface area contributed by atoms with Crippen LogP contribution in [-0.4, -0.2) is 88.3 Å². The smallest absolute Gasteiger partial charge is 0.0110 e. The van der Waals surface area contributed by atoms with Crippen molar-refractivity contribution in [3.8, 4) is 0 Å². The fourth-order valence-electron chi connectivity index (χ4n) is 4.24. The van der Waals surface area contributed by atoms with Gasteiger partial charge in [0.25, 0.3) is 0 Å². The Morgan fingerprint density at radius 2 is 1.73 bits per heavy atom. The summed E-state index contributed by atoms with van der Waals surface area (Å²) in [4.78, 5) is 5.14. The first-order chi connectivity index (χ1) is 10.8. The highest BCUT2D eigenvalue weighted by molar-refractivity contribution is 4.97. The molecule has 3 saturated heterocycles. The molecule has 0 aromatic carbocycles. The lowest BCUT2D eigenvalue weighted by Crippen LogP contribution is -2.60. The van der Waals surface area contributed by atoms with Crippen molar-refractivity contribution in [1.82, 2.24) is 25.8 Å². The molecule has 5 nitrogen and oxygen atoms in total. The van der Waals surface area contributed by atoms with Gasteiger partial charge in [-0.15, -0.1) is 0 Å². The Labute approximate surface area is 136 Å². The normalized spacial score (nSPS) is 26.5. The summed E-state index contributed by atoms with van der Waals surface area (Å²) in [6.45, 7) is 12.3. The van der Waals surface area contributed by atoms with E-state index in [4.69, 9.17) is 0 Å². The number of likely N-dealkylation sites (N-methyl/N-ethyl adjacent to an activating group) is 1. The second-order valence-electron chi connectivity index (χ2n) is 7.74. The van der Waals surface area contributed by atoms with Gasteiger partial charge in [-0.25, -0.2) is 0 Å². The fraction of sp³-hybridized carbons (Fsp3) is 1.00. The number of likely N-dealkylation sites (tertiary alicyclic amines) is 1. The van der Waals surface area contributed by atoms with Crippen molar-refractivity contribution in [2.75, 3.05) is 72.5 Å². The molecular formula is C17H35N5. The second kappa shape index (κ2) is 8.06. The van der Waals surface area contributed by atoms with Crippen LogP contribution >= 0.6 is 0 Å². The maximum atomic E-state index is 3.71. The molecule has 0 bridgehead atoms. The Bertz CT molecular complexity index is 315. The van der Waals surface area contributed by atoms with Gasteiger partial charge < -0.3 is 25.8 Å². The van der Waals surface area contributed by atoms with Gasteiger partial charge in [-0.3, -0.25) is 0 Å². The quantitative estimate of drug-likeness (QED) is 0.615. The monoisotopic (exact) mass is 309 g/mol. The summed E-state index contributed by atoms with van der Waals surface area (Å²) in [7, 11) is 2.27. The molecule has 0 radical (unpaired) electrons. The SMILES string of the molecule is CN(CCNC1CCNCC1)CCN1CC2(CCNCC2)C1. The van der Waals surface area contributed by atoms with Gasteiger partial charge in [0.2, 0.25) is 0 Å². The summed E-state index contributed by atoms with van der Waals surface area (Å²) < 4.78 is 0. The van der Waals surface area contributed by atoms with Crippen LogP contribution in [0.1, 0.15) is 25.7 Å². The van der Waals surface area contributed by atoms with E-state index >= 15 is 0 Å². The predicted octanol–water partition coefficient (Wildman–Crippen LogP) is -0.0548. The largest absolute Gasteiger partial charge is 0.317 e. The molecule has 0 amide bonds. The minimum atomic E-state index is 0.681. The van der Waals surface area contributed by atoms with E-state index in [1.165, 1.54) is 84.6 Å². The van der Waals surface area contributed by atoms with E-state index in [2.05, 4.69) is 32.8 Å². The lowest BCUT2D eigenvalue weighted by Gasteiger charge is -2.53. The van der Waals surface area contributed by atoms with Gasteiger partial charge in [0.05, 0.1) is 0 Å². The topological polar surface area (TPSA) is 42.6 Å². The van der Waals surface area contributed by atoms with Gasteiger partial charge in [-0.1, -0.05) is 0 Å². The number of rotatable bonds is 7. The molecule has 0 aromatic rings. The molecule has 3 N–H and O–H groups in total. The summed E-state index contributed by atoms with van der Waals surface area (Å²) in [5.74, 6) is 0. The third-order valence-corrected chi connectivity index (χ3v) is 5.85. The van der Waals surface area contributed by atoms with Crippen molar-refractivity contribution < 1.29 is 0 Å². The first-order valence-electron chi connectivity index (χ1n) is 9.32. The average Bonchev–Trinajstić information content (AvgIpc) is 2.53. The minimum absolute atomic E-state index is 0.681. The minimum Gasteiger partial charge on any atom is -0.317 e. The van der Waals surface area contributed by atoms with Crippen LogP contribution in [0.4, 0.5) is 0 Å². The van der Waals surface area contributed by atoms with Crippen molar-refractivity contribution in [1.29, 1.82) is 0 Å². The summed E-state index contributed by atoms with van der Waals surface area (Å²) in [5.41, 5.74) is 0.681. The summed E-state index contributed by atoms with van der Waals surface area (Å²) >= 11 is 0. The average molecular weight is 310 g/mol. The molecule has 0 aromatic heterocycles. The Balaban J connectivity index is 1.22. The van der Waals surface area contributed by atoms with E-state index in [1.807, 2.05) is 0 Å². The van der Waals surface area contributed by atoms with E-state index in [0.717, 1.165) is 12.6 Å². The van der Waals surface area contributed by atoms with E-state index in [9.17, 15) is 0 Å². The third kappa shape index (κ3) is 4.65. The Morgan fingerprint density at radius 1 is 1.05 bits per heavy atom. The van der Waals surface area contributed by atoms with E-state index in [0.29, 0.717) is 5.41 Å². The molecule has 1 spiro atoms. The van der Waals surface area contributed by atoms with Crippen LogP contribution in [0.3, 0.4) is 0 Å². The highest BCUT2D eigenvalue weighted by Gasteiger charge is 2.42. The molecule has 3 aliphatic heterocycles. The molecular weight excluding hydrogens is 274 g/mol. The molecule has 3 fully saturated rings. The molecule has 3 rings (SSSR count). The third-order valence-electron chi connectivity index (χ3n) is 5.85. The molecule has 5 heteroatoms. The maximum absolute atomic E-state index is 3.71. The van der Waals surface area contributed by atoms with Gasteiger partial charge in [-0.05, 0) is 64.3 Å². The van der Waals surface area contributed by atoms with Crippen molar-refractivity contribution >= 4 is 0 Å². The first-order valence-corrected chi connectivity index (χ1v) is 9.32. The van der Waals surface area contributed by atoms with Crippen LogP contribution in [0, 0.1) is 5.41 Å². The van der Waals surface area contributed by atoms with E-state index in [-0.39, 0.29) is 0 Å². The molecule has 0 saturated carbocycles. The van der Waals surface area contributed by atoms with E-state index < -0.39 is 0 Å². The highest BCUT2D eigenvalue weighted by Crippen LogP contribution is 2.38. The van der Waals surface area contributed by atoms with Crippen LogP contribution in [0.15, 0.2) is 0 Å². The number of nitrogens with zero attached hydrogens (tertiary/aromatic N) is 2. The van der Waals surface area contributed by atoms with Crippen molar-refractivity contribution in [3.63, 3.8) is 0 Å². The molecule has 0 unspecified atom stereocenters. The van der Waals surface area contributed by atoms with Gasteiger partial charge in [0.1, 0.15) is 0 Å². The van der Waals surface area contributed by atoms with Crippen LogP contribution in [0.25, 0.3) is 0 Å². The summed E-state index contributed by atoms with van der Waals surface area (Å²) in [6, 6.07) is 0.741. The number of piperidine rings is 2. The lowest BCUT2D eigenvalue weighted by molar-refractivity contribution is -0.0258. The molecule has 3 heterocycles. The lowest BCUT2D eigenvalue weighted by atomic mass is 9.72. The Hall–Kier alpha value is -0.200. The maximum Gasteiger partial charge on any atom is 0.0110 e. The summed E-state index contributed by atoms with van der Waals surface area (Å²) in [5, 5.41) is 10.6. The molecule has 0 atom stereocenters. The van der Waals surface area contributed by atoms with Crippen LogP contribution in [0.5, 0.6) is 0 Å². The zero-order chi connectivity index (χ0) is 15.3. The number of nitrogens with one attached hydrogen (secondary N) is 3. The van der Waals surface area contributed by atoms with Crippen LogP contribution in [-0.2, 0) is 0 Å². The van der Waals surface area contributed by atoms with Gasteiger partial charge in [-0.2, -0.15) is 0 Å². The highest BCUT2D eigenvalue weighted by atomic mass is 15.2. The van der Waals surface area contributed by atoms with Gasteiger partial charge >= 0.3 is 0 Å². The Kier molecular flexibility index (Phi) is 6.10. The molecule has 22 heavy (non-hydrogen) atoms.